The van der Waals surface area contributed by atoms with Gasteiger partial charge in [-0.1, -0.05) is 12.1 Å². The third-order valence-electron chi connectivity index (χ3n) is 4.18. The van der Waals surface area contributed by atoms with Gasteiger partial charge in [0.15, 0.2) is 0 Å². The van der Waals surface area contributed by atoms with Gasteiger partial charge in [0, 0.05) is 17.0 Å². The Bertz CT molecular complexity index is 850. The lowest BCUT2D eigenvalue weighted by atomic mass is 10.1. The Kier molecular flexibility index (Phi) is 3.65. The van der Waals surface area contributed by atoms with Crippen LogP contribution in [0.2, 0.25) is 0 Å². The van der Waals surface area contributed by atoms with Crippen LogP contribution in [-0.2, 0) is 6.42 Å². The number of aromatic nitrogens is 2. The van der Waals surface area contributed by atoms with E-state index in [9.17, 15) is 4.39 Å². The molecule has 118 valence electrons. The molecule has 5 heteroatoms. The van der Waals surface area contributed by atoms with Crippen LogP contribution in [0.15, 0.2) is 36.4 Å². The number of hydrogen-bond donors (Lipinski definition) is 1. The Hall–Kier alpha value is -2.14. The van der Waals surface area contributed by atoms with Crippen molar-refractivity contribution in [3.63, 3.8) is 0 Å². The fraction of sp³-hybridized carbons (Fsp3) is 0.278. The van der Waals surface area contributed by atoms with Crippen LogP contribution in [0.4, 0.5) is 10.2 Å². The molecular weight excluding hydrogens is 309 g/mol. The molecule has 3 aromatic rings. The number of para-hydroxylation sites is 1. The largest absolute Gasteiger partial charge is 0.370 e. The molecule has 3 heterocycles. The van der Waals surface area contributed by atoms with Crippen LogP contribution in [0.1, 0.15) is 23.3 Å². The van der Waals surface area contributed by atoms with Crippen molar-refractivity contribution in [1.82, 2.24) is 9.78 Å². The molecule has 0 bridgehead atoms. The van der Waals surface area contributed by atoms with Crippen LogP contribution in [0.25, 0.3) is 16.3 Å². The molecular formula is C18H18FN3S. The number of thiophene rings is 1. The normalized spacial score (nSPS) is 14.2. The number of hydrogen-bond acceptors (Lipinski definition) is 3. The topological polar surface area (TPSA) is 29.9 Å². The number of halogens is 1. The highest BCUT2D eigenvalue weighted by Gasteiger charge is 2.23. The lowest BCUT2D eigenvalue weighted by Crippen LogP contribution is -2.08. The van der Waals surface area contributed by atoms with Crippen LogP contribution in [0, 0.1) is 12.7 Å². The summed E-state index contributed by atoms with van der Waals surface area (Å²) in [4.78, 5) is 2.41. The van der Waals surface area contributed by atoms with Gasteiger partial charge in [-0.25, -0.2) is 9.07 Å². The molecule has 0 fully saturated rings. The number of nitrogens with zero attached hydrogens (tertiary/aromatic N) is 2. The summed E-state index contributed by atoms with van der Waals surface area (Å²) in [6.07, 6.45) is 3.22. The van der Waals surface area contributed by atoms with Gasteiger partial charge in [0.05, 0.1) is 4.88 Å². The molecule has 0 amide bonds. The summed E-state index contributed by atoms with van der Waals surface area (Å²) in [5, 5.41) is 8.23. The third kappa shape index (κ3) is 2.55. The van der Waals surface area contributed by atoms with E-state index in [0.29, 0.717) is 5.69 Å². The molecule has 0 aliphatic carbocycles. The molecule has 1 aromatic carbocycles. The second-order valence-corrected chi connectivity index (χ2v) is 7.12. The molecule has 1 N–H and O–H groups in total. The molecule has 2 aromatic heterocycles. The maximum absolute atomic E-state index is 14.3. The zero-order valence-corrected chi connectivity index (χ0v) is 13.8. The van der Waals surface area contributed by atoms with Gasteiger partial charge < -0.3 is 5.32 Å². The van der Waals surface area contributed by atoms with Crippen LogP contribution in [-0.4, -0.2) is 16.3 Å². The van der Waals surface area contributed by atoms with Crippen molar-refractivity contribution in [2.75, 3.05) is 11.9 Å². The lowest BCUT2D eigenvalue weighted by molar-refractivity contribution is 0.611. The standard InChI is InChI=1S/C18H18FN3S/c1-12-9-10-16(23-12)17-13-6-4-5-11-20-18(13)22(21-17)15-8-3-2-7-14(15)19/h2-3,7-10,20H,4-6,11H2,1H3. The van der Waals surface area contributed by atoms with Crippen molar-refractivity contribution >= 4 is 17.2 Å². The smallest absolute Gasteiger partial charge is 0.148 e. The SMILES string of the molecule is Cc1ccc(-c2nn(-c3ccccc3F)c3c2CCCCN3)s1. The van der Waals surface area contributed by atoms with E-state index in [1.54, 1.807) is 28.2 Å². The van der Waals surface area contributed by atoms with Gasteiger partial charge in [-0.05, 0) is 50.5 Å². The Morgan fingerprint density at radius 2 is 2.04 bits per heavy atom. The number of aryl methyl sites for hydroxylation is 1. The molecule has 1 aliphatic heterocycles. The van der Waals surface area contributed by atoms with E-state index < -0.39 is 0 Å². The molecule has 0 atom stereocenters. The highest BCUT2D eigenvalue weighted by atomic mass is 32.1. The van der Waals surface area contributed by atoms with Gasteiger partial charge in [-0.3, -0.25) is 0 Å². The first kappa shape index (κ1) is 14.5. The van der Waals surface area contributed by atoms with Gasteiger partial charge in [0.1, 0.15) is 23.0 Å². The monoisotopic (exact) mass is 327 g/mol. The fourth-order valence-electron chi connectivity index (χ4n) is 3.06. The van der Waals surface area contributed by atoms with Gasteiger partial charge in [-0.15, -0.1) is 11.3 Å². The molecule has 1 aliphatic rings. The maximum atomic E-state index is 14.3. The Balaban J connectivity index is 1.93. The summed E-state index contributed by atoms with van der Waals surface area (Å²) < 4.78 is 16.0. The first-order valence-electron chi connectivity index (χ1n) is 7.91. The van der Waals surface area contributed by atoms with Crippen molar-refractivity contribution in [3.8, 4) is 16.3 Å². The fourth-order valence-corrected chi connectivity index (χ4v) is 3.94. The maximum Gasteiger partial charge on any atom is 0.148 e. The number of fused-ring (bicyclic) bond motifs is 1. The average molecular weight is 327 g/mol. The van der Waals surface area contributed by atoms with Crippen LogP contribution < -0.4 is 5.32 Å². The van der Waals surface area contributed by atoms with Crippen molar-refractivity contribution in [3.05, 3.63) is 52.7 Å². The Morgan fingerprint density at radius 3 is 2.83 bits per heavy atom. The van der Waals surface area contributed by atoms with Gasteiger partial charge in [0.25, 0.3) is 0 Å². The highest BCUT2D eigenvalue weighted by Crippen LogP contribution is 2.37. The molecule has 0 spiro atoms. The minimum absolute atomic E-state index is 0.252. The molecule has 0 saturated heterocycles. The molecule has 23 heavy (non-hydrogen) atoms. The zero-order chi connectivity index (χ0) is 15.8. The first-order valence-corrected chi connectivity index (χ1v) is 8.73. The number of rotatable bonds is 2. The number of nitrogens with one attached hydrogen (secondary N) is 1. The van der Waals surface area contributed by atoms with E-state index in [1.807, 2.05) is 6.07 Å². The summed E-state index contributed by atoms with van der Waals surface area (Å²) in [7, 11) is 0. The second kappa shape index (κ2) is 5.81. The second-order valence-electron chi connectivity index (χ2n) is 5.83. The number of anilines is 1. The molecule has 0 unspecified atom stereocenters. The van der Waals surface area contributed by atoms with Crippen molar-refractivity contribution in [2.45, 2.75) is 26.2 Å². The van der Waals surface area contributed by atoms with E-state index in [-0.39, 0.29) is 5.82 Å². The van der Waals surface area contributed by atoms with Crippen molar-refractivity contribution in [1.29, 1.82) is 0 Å². The van der Waals surface area contributed by atoms with E-state index >= 15 is 0 Å². The minimum atomic E-state index is -0.252. The summed E-state index contributed by atoms with van der Waals surface area (Å²) in [6.45, 7) is 3.00. The van der Waals surface area contributed by atoms with Crippen LogP contribution in [0.5, 0.6) is 0 Å². The molecule has 0 saturated carbocycles. The lowest BCUT2D eigenvalue weighted by Gasteiger charge is -2.09. The summed E-state index contributed by atoms with van der Waals surface area (Å²) in [5.41, 5.74) is 2.68. The molecule has 4 rings (SSSR count). The van der Waals surface area contributed by atoms with E-state index in [1.165, 1.54) is 16.5 Å². The Labute approximate surface area is 138 Å². The Morgan fingerprint density at radius 1 is 1.17 bits per heavy atom. The summed E-state index contributed by atoms with van der Waals surface area (Å²) >= 11 is 1.74. The first-order chi connectivity index (χ1) is 11.2. The zero-order valence-electron chi connectivity index (χ0n) is 13.0. The summed E-state index contributed by atoms with van der Waals surface area (Å²) in [6, 6.07) is 11.0. The highest BCUT2D eigenvalue weighted by molar-refractivity contribution is 7.15. The third-order valence-corrected chi connectivity index (χ3v) is 5.19. The minimum Gasteiger partial charge on any atom is -0.370 e. The van der Waals surface area contributed by atoms with Gasteiger partial charge in [0.2, 0.25) is 0 Å². The summed E-state index contributed by atoms with van der Waals surface area (Å²) in [5.74, 6) is 0.686. The number of benzene rings is 1. The van der Waals surface area contributed by atoms with Crippen molar-refractivity contribution in [2.24, 2.45) is 0 Å². The molecule has 0 radical (unpaired) electrons. The van der Waals surface area contributed by atoms with E-state index in [0.717, 1.165) is 42.2 Å². The van der Waals surface area contributed by atoms with Gasteiger partial charge in [-0.2, -0.15) is 5.10 Å². The predicted molar refractivity (Wildman–Crippen MR) is 93.0 cm³/mol. The average Bonchev–Trinajstić information content (AvgIpc) is 3.03. The van der Waals surface area contributed by atoms with Gasteiger partial charge >= 0.3 is 0 Å². The van der Waals surface area contributed by atoms with E-state index in [2.05, 4.69) is 24.4 Å². The predicted octanol–water partition coefficient (Wildman–Crippen LogP) is 4.80. The van der Waals surface area contributed by atoms with E-state index in [4.69, 9.17) is 5.10 Å². The van der Waals surface area contributed by atoms with Crippen molar-refractivity contribution < 1.29 is 4.39 Å². The molecule has 3 nitrogen and oxygen atoms in total. The van der Waals surface area contributed by atoms with Crippen LogP contribution >= 0.6 is 11.3 Å². The quantitative estimate of drug-likeness (QED) is 0.733. The van der Waals surface area contributed by atoms with Crippen LogP contribution in [0.3, 0.4) is 0 Å².